The van der Waals surface area contributed by atoms with Crippen LogP contribution in [0, 0.1) is 0 Å². The molecule has 2 nitrogen and oxygen atoms in total. The molecule has 0 radical (unpaired) electrons. The Morgan fingerprint density at radius 3 is 3.12 bits per heavy atom. The summed E-state index contributed by atoms with van der Waals surface area (Å²) in [6.45, 7) is 0.985. The van der Waals surface area contributed by atoms with Gasteiger partial charge in [-0.3, -0.25) is 4.99 Å². The molecule has 2 aliphatic heterocycles. The van der Waals surface area contributed by atoms with Crippen molar-refractivity contribution in [1.29, 1.82) is 0 Å². The molecule has 0 amide bonds. The van der Waals surface area contributed by atoms with Crippen molar-refractivity contribution < 1.29 is 0 Å². The molecule has 92 valence electrons. The molecule has 6 heteroatoms. The molecule has 1 aromatic heterocycles. The van der Waals surface area contributed by atoms with Crippen LogP contribution in [0.1, 0.15) is 4.88 Å². The number of fused-ring (bicyclic) bond motifs is 1. The Morgan fingerprint density at radius 1 is 1.53 bits per heavy atom. The van der Waals surface area contributed by atoms with Gasteiger partial charge in [0.05, 0.1) is 11.9 Å². The number of hydrogen-bond donors (Lipinski definition) is 0. The summed E-state index contributed by atoms with van der Waals surface area (Å²) in [5.74, 6) is 0.581. The van der Waals surface area contributed by atoms with E-state index in [0.29, 0.717) is 11.9 Å². The van der Waals surface area contributed by atoms with Crippen molar-refractivity contribution in [1.82, 2.24) is 4.90 Å². The van der Waals surface area contributed by atoms with Gasteiger partial charge in [-0.1, -0.05) is 17.8 Å². The molecular formula is C11H12Cl2N2S2. The normalized spacial score (nSPS) is 21.9. The van der Waals surface area contributed by atoms with Gasteiger partial charge in [-0.2, -0.15) is 0 Å². The van der Waals surface area contributed by atoms with Crippen molar-refractivity contribution in [2.24, 2.45) is 4.99 Å². The first-order chi connectivity index (χ1) is 7.86. The average molecular weight is 307 g/mol. The van der Waals surface area contributed by atoms with E-state index in [9.17, 15) is 0 Å². The minimum Gasteiger partial charge on any atom is -0.321 e. The van der Waals surface area contributed by atoms with E-state index in [1.54, 1.807) is 11.8 Å². The Morgan fingerprint density at radius 2 is 2.41 bits per heavy atom. The lowest BCUT2D eigenvalue weighted by molar-refractivity contribution is 0.513. The van der Waals surface area contributed by atoms with Crippen molar-refractivity contribution in [2.75, 3.05) is 12.4 Å². The topological polar surface area (TPSA) is 15.6 Å². The maximum Gasteiger partial charge on any atom is 0.168 e. The number of halogens is 2. The Hall–Kier alpha value is -0.160. The van der Waals surface area contributed by atoms with Gasteiger partial charge in [-0.05, 0) is 16.9 Å². The van der Waals surface area contributed by atoms with E-state index in [1.165, 1.54) is 10.6 Å². The molecule has 0 bridgehead atoms. The molecule has 1 aromatic rings. The monoisotopic (exact) mass is 306 g/mol. The zero-order valence-electron chi connectivity index (χ0n) is 9.01. The number of hydrogen-bond acceptors (Lipinski definition) is 4. The van der Waals surface area contributed by atoms with E-state index in [-0.39, 0.29) is 12.4 Å². The summed E-state index contributed by atoms with van der Waals surface area (Å²) in [6.07, 6.45) is 1.05. The van der Waals surface area contributed by atoms with Gasteiger partial charge < -0.3 is 4.90 Å². The number of amidine groups is 1. The van der Waals surface area contributed by atoms with Crippen LogP contribution in [0.25, 0.3) is 0 Å². The number of nitrogens with zero attached hydrogens (tertiary/aromatic N) is 2. The highest BCUT2D eigenvalue weighted by Crippen LogP contribution is 2.32. The fraction of sp³-hybridized carbons (Fsp3) is 0.364. The smallest absolute Gasteiger partial charge is 0.168 e. The molecule has 0 aliphatic carbocycles. The highest BCUT2D eigenvalue weighted by Gasteiger charge is 2.31. The first-order valence-electron chi connectivity index (χ1n) is 5.16. The highest BCUT2D eigenvalue weighted by atomic mass is 35.5. The van der Waals surface area contributed by atoms with Gasteiger partial charge in [-0.15, -0.1) is 35.3 Å². The van der Waals surface area contributed by atoms with E-state index in [2.05, 4.69) is 27.8 Å². The quantitative estimate of drug-likeness (QED) is 0.793. The summed E-state index contributed by atoms with van der Waals surface area (Å²) in [4.78, 5) is 8.38. The summed E-state index contributed by atoms with van der Waals surface area (Å²) in [6, 6.07) is 4.68. The molecule has 0 saturated carbocycles. The van der Waals surface area contributed by atoms with Crippen LogP contribution in [-0.4, -0.2) is 28.5 Å². The van der Waals surface area contributed by atoms with Gasteiger partial charge in [0.25, 0.3) is 0 Å². The Balaban J connectivity index is 0.00000108. The maximum atomic E-state index is 5.89. The zero-order chi connectivity index (χ0) is 11.0. The number of thioether (sulfide) groups is 1. The molecule has 0 saturated heterocycles. The number of alkyl halides is 1. The van der Waals surface area contributed by atoms with E-state index in [0.717, 1.165) is 18.1 Å². The Kier molecular flexibility index (Phi) is 4.42. The molecule has 0 aromatic carbocycles. The van der Waals surface area contributed by atoms with E-state index in [4.69, 9.17) is 16.6 Å². The van der Waals surface area contributed by atoms with Gasteiger partial charge >= 0.3 is 0 Å². The Labute approximate surface area is 120 Å². The van der Waals surface area contributed by atoms with Crippen molar-refractivity contribution in [2.45, 2.75) is 12.5 Å². The molecule has 2 aliphatic rings. The van der Waals surface area contributed by atoms with Crippen LogP contribution >= 0.6 is 47.1 Å². The summed E-state index contributed by atoms with van der Waals surface area (Å²) in [5.41, 5.74) is 1.19. The third kappa shape index (κ3) is 2.65. The van der Waals surface area contributed by atoms with Gasteiger partial charge in [0, 0.05) is 23.5 Å². The second kappa shape index (κ2) is 5.65. The fourth-order valence-electron chi connectivity index (χ4n) is 1.95. The predicted octanol–water partition coefficient (Wildman–Crippen LogP) is 3.58. The van der Waals surface area contributed by atoms with Crippen LogP contribution < -0.4 is 0 Å². The first-order valence-corrected chi connectivity index (χ1v) is 7.45. The lowest BCUT2D eigenvalue weighted by atomic mass is 10.2. The van der Waals surface area contributed by atoms with Gasteiger partial charge in [0.1, 0.15) is 0 Å². The Bertz CT molecular complexity index is 442. The van der Waals surface area contributed by atoms with E-state index < -0.39 is 0 Å². The van der Waals surface area contributed by atoms with Crippen molar-refractivity contribution >= 4 is 52.3 Å². The first kappa shape index (κ1) is 13.3. The molecule has 0 spiro atoms. The third-order valence-corrected chi connectivity index (χ3v) is 4.82. The lowest BCUT2D eigenvalue weighted by Crippen LogP contribution is -2.25. The summed E-state index contributed by atoms with van der Waals surface area (Å²) in [5, 5.41) is 5.35. The van der Waals surface area contributed by atoms with Gasteiger partial charge in [0.15, 0.2) is 5.17 Å². The SMILES string of the molecule is Cl.ClCC1=CSC2=NC(Cc3cccs3)CN12. The number of rotatable bonds is 3. The van der Waals surface area contributed by atoms with Crippen LogP contribution in [-0.2, 0) is 6.42 Å². The minimum atomic E-state index is 0. The van der Waals surface area contributed by atoms with E-state index in [1.807, 2.05) is 11.3 Å². The second-order valence-electron chi connectivity index (χ2n) is 3.82. The van der Waals surface area contributed by atoms with Crippen molar-refractivity contribution in [3.8, 4) is 0 Å². The third-order valence-electron chi connectivity index (χ3n) is 2.72. The number of thiophene rings is 1. The molecule has 1 unspecified atom stereocenters. The lowest BCUT2D eigenvalue weighted by Gasteiger charge is -2.15. The molecule has 0 fully saturated rings. The van der Waals surface area contributed by atoms with Crippen LogP contribution in [0.2, 0.25) is 0 Å². The number of allylic oxidation sites excluding steroid dienone is 1. The molecule has 17 heavy (non-hydrogen) atoms. The zero-order valence-corrected chi connectivity index (χ0v) is 12.2. The van der Waals surface area contributed by atoms with Gasteiger partial charge in [-0.25, -0.2) is 0 Å². The fourth-order valence-corrected chi connectivity index (χ4v) is 4.02. The molecule has 0 N–H and O–H groups in total. The summed E-state index contributed by atoms with van der Waals surface area (Å²) < 4.78 is 0. The van der Waals surface area contributed by atoms with Crippen molar-refractivity contribution in [3.63, 3.8) is 0 Å². The molecule has 3 rings (SSSR count). The second-order valence-corrected chi connectivity index (χ2v) is 5.96. The van der Waals surface area contributed by atoms with Crippen LogP contribution in [0.5, 0.6) is 0 Å². The number of aliphatic imine (C=N–C) groups is 1. The highest BCUT2D eigenvalue weighted by molar-refractivity contribution is 8.16. The summed E-state index contributed by atoms with van der Waals surface area (Å²) >= 11 is 9.39. The van der Waals surface area contributed by atoms with Gasteiger partial charge in [0.2, 0.25) is 0 Å². The van der Waals surface area contributed by atoms with Crippen LogP contribution in [0.3, 0.4) is 0 Å². The minimum absolute atomic E-state index is 0. The largest absolute Gasteiger partial charge is 0.321 e. The average Bonchev–Trinajstić information content (AvgIpc) is 2.94. The summed E-state index contributed by atoms with van der Waals surface area (Å²) in [7, 11) is 0. The maximum absolute atomic E-state index is 5.89. The molecule has 1 atom stereocenters. The van der Waals surface area contributed by atoms with E-state index >= 15 is 0 Å². The predicted molar refractivity (Wildman–Crippen MR) is 79.6 cm³/mol. The standard InChI is InChI=1S/C11H11ClN2S2.ClH/c12-5-9-7-16-11-13-8(6-14(9)11)4-10-2-1-3-15-10;/h1-3,7-8H,4-6H2;1H. The van der Waals surface area contributed by atoms with Crippen molar-refractivity contribution in [3.05, 3.63) is 33.5 Å². The molecular weight excluding hydrogens is 295 g/mol. The molecule has 3 heterocycles. The van der Waals surface area contributed by atoms with Crippen LogP contribution in [0.4, 0.5) is 0 Å². The van der Waals surface area contributed by atoms with Crippen LogP contribution in [0.15, 0.2) is 33.6 Å².